The van der Waals surface area contributed by atoms with E-state index < -0.39 is 0 Å². The third-order valence-electron chi connectivity index (χ3n) is 4.89. The van der Waals surface area contributed by atoms with Gasteiger partial charge in [0.15, 0.2) is 5.16 Å². The average molecular weight is 446 g/mol. The second-order valence-electron chi connectivity index (χ2n) is 7.17. The van der Waals surface area contributed by atoms with Gasteiger partial charge in [0.1, 0.15) is 10.6 Å². The van der Waals surface area contributed by atoms with Crippen molar-refractivity contribution in [1.82, 2.24) is 9.97 Å². The van der Waals surface area contributed by atoms with E-state index in [1.54, 1.807) is 17.4 Å². The Balaban J connectivity index is 1.72. The van der Waals surface area contributed by atoms with Crippen LogP contribution in [0.2, 0.25) is 0 Å². The summed E-state index contributed by atoms with van der Waals surface area (Å²) in [6.45, 7) is 8.81. The molecule has 0 spiro atoms. The molecule has 30 heavy (non-hydrogen) atoms. The molecule has 2 heterocycles. The fourth-order valence-electron chi connectivity index (χ4n) is 3.13. The Kier molecular flexibility index (Phi) is 7.55. The molecule has 0 aliphatic carbocycles. The highest BCUT2D eigenvalue weighted by Crippen LogP contribution is 2.30. The van der Waals surface area contributed by atoms with Gasteiger partial charge in [0.25, 0.3) is 5.56 Å². The van der Waals surface area contributed by atoms with Gasteiger partial charge in [-0.25, -0.2) is 4.98 Å². The Morgan fingerprint density at radius 1 is 1.33 bits per heavy atom. The number of H-pyrrole nitrogens is 1. The van der Waals surface area contributed by atoms with Gasteiger partial charge in [0.2, 0.25) is 5.91 Å². The third-order valence-corrected chi connectivity index (χ3v) is 6.81. The van der Waals surface area contributed by atoms with Crippen LogP contribution < -0.4 is 15.6 Å². The predicted molar refractivity (Wildman–Crippen MR) is 125 cm³/mol. The number of nitrogens with zero attached hydrogens (tertiary/aromatic N) is 1. The third kappa shape index (κ3) is 5.23. The molecule has 6 nitrogen and oxygen atoms in total. The van der Waals surface area contributed by atoms with Crippen molar-refractivity contribution in [3.63, 3.8) is 0 Å². The highest BCUT2D eigenvalue weighted by Gasteiger charge is 2.17. The van der Waals surface area contributed by atoms with E-state index in [-0.39, 0.29) is 17.2 Å². The van der Waals surface area contributed by atoms with Crippen LogP contribution in [0.1, 0.15) is 37.6 Å². The Morgan fingerprint density at radius 3 is 2.83 bits per heavy atom. The van der Waals surface area contributed by atoms with Gasteiger partial charge in [-0.05, 0) is 43.9 Å². The molecule has 0 saturated carbocycles. The normalized spacial score (nSPS) is 12.1. The van der Waals surface area contributed by atoms with Crippen LogP contribution in [0.5, 0.6) is 5.75 Å². The first-order chi connectivity index (χ1) is 14.4. The van der Waals surface area contributed by atoms with Crippen LogP contribution in [0, 0.1) is 12.8 Å². The number of carbonyl (C=O) groups is 1. The predicted octanol–water partition coefficient (Wildman–Crippen LogP) is 5.01. The number of anilines is 1. The van der Waals surface area contributed by atoms with E-state index in [0.29, 0.717) is 34.5 Å². The summed E-state index contributed by atoms with van der Waals surface area (Å²) in [4.78, 5) is 34.4. The van der Waals surface area contributed by atoms with Gasteiger partial charge >= 0.3 is 0 Å². The van der Waals surface area contributed by atoms with Crippen molar-refractivity contribution < 1.29 is 9.53 Å². The number of fused-ring (bicyclic) bond motifs is 1. The Morgan fingerprint density at radius 2 is 2.10 bits per heavy atom. The van der Waals surface area contributed by atoms with Crippen molar-refractivity contribution in [1.29, 1.82) is 0 Å². The van der Waals surface area contributed by atoms with E-state index in [0.717, 1.165) is 28.1 Å². The van der Waals surface area contributed by atoms with Crippen molar-refractivity contribution >= 4 is 44.9 Å². The number of thioether (sulfide) groups is 1. The zero-order chi connectivity index (χ0) is 21.7. The molecule has 1 aromatic carbocycles. The molecule has 1 atom stereocenters. The molecule has 3 rings (SSSR count). The molecule has 8 heteroatoms. The largest absolute Gasteiger partial charge is 0.492 e. The Hall–Kier alpha value is -2.32. The van der Waals surface area contributed by atoms with Crippen molar-refractivity contribution in [2.75, 3.05) is 17.7 Å². The standard InChI is InChI=1S/C22H27N3O3S2/c1-5-13(3)11-15-14(4)30-21-19(15)20(27)24-22(25-21)29-12-18(26)23-16-9-7-8-10-17(16)28-6-2/h7-10,13H,5-6,11-12H2,1-4H3,(H,23,26)(H,24,25,27). The number of aryl methyl sites for hydroxylation is 1. The molecule has 0 aliphatic rings. The van der Waals surface area contributed by atoms with Gasteiger partial charge in [0.05, 0.1) is 23.4 Å². The highest BCUT2D eigenvalue weighted by atomic mass is 32.2. The lowest BCUT2D eigenvalue weighted by molar-refractivity contribution is -0.113. The van der Waals surface area contributed by atoms with Crippen LogP contribution in [-0.2, 0) is 11.2 Å². The zero-order valence-electron chi connectivity index (χ0n) is 17.7. The summed E-state index contributed by atoms with van der Waals surface area (Å²) in [6, 6.07) is 7.31. The summed E-state index contributed by atoms with van der Waals surface area (Å²) in [6.07, 6.45) is 1.94. The van der Waals surface area contributed by atoms with Crippen LogP contribution >= 0.6 is 23.1 Å². The molecule has 160 valence electrons. The van der Waals surface area contributed by atoms with Crippen LogP contribution in [0.4, 0.5) is 5.69 Å². The molecule has 2 aromatic heterocycles. The summed E-state index contributed by atoms with van der Waals surface area (Å²) in [5, 5.41) is 4.00. The second-order valence-corrected chi connectivity index (χ2v) is 9.34. The highest BCUT2D eigenvalue weighted by molar-refractivity contribution is 7.99. The molecule has 0 bridgehead atoms. The van der Waals surface area contributed by atoms with E-state index in [1.807, 2.05) is 32.0 Å². The maximum absolute atomic E-state index is 12.7. The number of hydrogen-bond donors (Lipinski definition) is 2. The van der Waals surface area contributed by atoms with E-state index in [1.165, 1.54) is 11.8 Å². The number of nitrogens with one attached hydrogen (secondary N) is 2. The first kappa shape index (κ1) is 22.4. The van der Waals surface area contributed by atoms with E-state index in [4.69, 9.17) is 4.74 Å². The number of hydrogen-bond acceptors (Lipinski definition) is 6. The van der Waals surface area contributed by atoms with Crippen molar-refractivity contribution in [3.8, 4) is 5.75 Å². The van der Waals surface area contributed by atoms with Gasteiger partial charge in [-0.1, -0.05) is 44.2 Å². The number of aromatic amines is 1. The molecule has 1 amide bonds. The minimum atomic E-state index is -0.185. The number of aromatic nitrogens is 2. The maximum atomic E-state index is 12.7. The van der Waals surface area contributed by atoms with E-state index in [2.05, 4.69) is 29.1 Å². The number of thiophene rings is 1. The lowest BCUT2D eigenvalue weighted by atomic mass is 9.98. The monoisotopic (exact) mass is 445 g/mol. The van der Waals surface area contributed by atoms with Crippen LogP contribution in [0.25, 0.3) is 10.2 Å². The fraction of sp³-hybridized carbons (Fsp3) is 0.409. The molecule has 0 aliphatic heterocycles. The van der Waals surface area contributed by atoms with Crippen molar-refractivity contribution in [2.24, 2.45) is 5.92 Å². The lowest BCUT2D eigenvalue weighted by Crippen LogP contribution is -2.16. The number of carbonyl (C=O) groups excluding carboxylic acids is 1. The molecule has 2 N–H and O–H groups in total. The van der Waals surface area contributed by atoms with E-state index in [9.17, 15) is 9.59 Å². The number of rotatable bonds is 9. The number of amides is 1. The first-order valence-electron chi connectivity index (χ1n) is 10.1. The van der Waals surface area contributed by atoms with Gasteiger partial charge in [-0.3, -0.25) is 9.59 Å². The van der Waals surface area contributed by atoms with Gasteiger partial charge in [-0.2, -0.15) is 0 Å². The SMILES string of the molecule is CCOc1ccccc1NC(=O)CSc1nc2sc(C)c(CC(C)CC)c2c(=O)[nH]1. The van der Waals surface area contributed by atoms with Crippen LogP contribution in [0.3, 0.4) is 0 Å². The average Bonchev–Trinajstić information content (AvgIpc) is 3.03. The Bertz CT molecular complexity index is 1090. The van der Waals surface area contributed by atoms with Gasteiger partial charge in [0, 0.05) is 4.88 Å². The molecule has 0 saturated heterocycles. The molecule has 1 unspecified atom stereocenters. The van der Waals surface area contributed by atoms with Crippen molar-refractivity contribution in [3.05, 3.63) is 45.1 Å². The summed E-state index contributed by atoms with van der Waals surface area (Å²) >= 11 is 2.76. The number of para-hydroxylation sites is 2. The van der Waals surface area contributed by atoms with Gasteiger partial charge in [-0.15, -0.1) is 11.3 Å². The maximum Gasteiger partial charge on any atom is 0.260 e. The van der Waals surface area contributed by atoms with Crippen LogP contribution in [-0.4, -0.2) is 28.2 Å². The molecule has 3 aromatic rings. The quantitative estimate of drug-likeness (QED) is 0.357. The summed E-state index contributed by atoms with van der Waals surface area (Å²) in [5.74, 6) is 1.10. The Labute approximate surface area is 184 Å². The molecule has 0 fully saturated rings. The summed E-state index contributed by atoms with van der Waals surface area (Å²) in [7, 11) is 0. The molecule has 0 radical (unpaired) electrons. The minimum absolute atomic E-state index is 0.132. The number of ether oxygens (including phenoxy) is 1. The molecular formula is C22H27N3O3S2. The van der Waals surface area contributed by atoms with E-state index >= 15 is 0 Å². The minimum Gasteiger partial charge on any atom is -0.492 e. The first-order valence-corrected chi connectivity index (χ1v) is 11.9. The topological polar surface area (TPSA) is 84.1 Å². The smallest absolute Gasteiger partial charge is 0.260 e. The van der Waals surface area contributed by atoms with Crippen molar-refractivity contribution in [2.45, 2.75) is 45.7 Å². The number of benzene rings is 1. The van der Waals surface area contributed by atoms with Gasteiger partial charge < -0.3 is 15.0 Å². The zero-order valence-corrected chi connectivity index (χ0v) is 19.3. The molecular weight excluding hydrogens is 418 g/mol. The summed E-state index contributed by atoms with van der Waals surface area (Å²) < 4.78 is 5.53. The summed E-state index contributed by atoms with van der Waals surface area (Å²) in [5.41, 5.74) is 1.59. The van der Waals surface area contributed by atoms with Crippen LogP contribution in [0.15, 0.2) is 34.2 Å². The second kappa shape index (κ2) is 10.1. The fourth-order valence-corrected chi connectivity index (χ4v) is 4.91. The lowest BCUT2D eigenvalue weighted by Gasteiger charge is -2.11.